The number of nitriles is 2. The Bertz CT molecular complexity index is 1100. The molecule has 0 bridgehead atoms. The lowest BCUT2D eigenvalue weighted by Crippen LogP contribution is -2.21. The summed E-state index contributed by atoms with van der Waals surface area (Å²) in [6.07, 6.45) is 3.36. The van der Waals surface area contributed by atoms with Gasteiger partial charge in [-0.2, -0.15) is 10.5 Å². The van der Waals surface area contributed by atoms with Crippen molar-refractivity contribution in [3.8, 4) is 18.0 Å². The second-order valence-corrected chi connectivity index (χ2v) is 5.73. The maximum Gasteiger partial charge on any atom is 0.343 e. The molecular formula is C20H14N4O4. The summed E-state index contributed by atoms with van der Waals surface area (Å²) in [6.45, 7) is 1.01. The van der Waals surface area contributed by atoms with Gasteiger partial charge >= 0.3 is 5.97 Å². The largest absolute Gasteiger partial charge is 0.452 e. The SMILES string of the molecule is Cc1oc(-n2cccc2)c(C#N)c1C(=O)OCC(=O)Nc1ccc(C#N)cc1. The summed E-state index contributed by atoms with van der Waals surface area (Å²) < 4.78 is 12.1. The van der Waals surface area contributed by atoms with E-state index in [0.717, 1.165) is 0 Å². The number of rotatable bonds is 5. The Balaban J connectivity index is 1.69. The standard InChI is InChI=1S/C20H14N4O4/c1-13-18(16(11-22)19(28-13)24-8-2-3-9-24)20(26)27-12-17(25)23-15-6-4-14(10-21)5-7-15/h2-9H,12H2,1H3,(H,23,25). The predicted octanol–water partition coefficient (Wildman–Crippen LogP) is 2.92. The van der Waals surface area contributed by atoms with Crippen LogP contribution in [0.3, 0.4) is 0 Å². The highest BCUT2D eigenvalue weighted by atomic mass is 16.5. The van der Waals surface area contributed by atoms with Gasteiger partial charge in [-0.25, -0.2) is 4.79 Å². The summed E-state index contributed by atoms with van der Waals surface area (Å²) in [5.74, 6) is -0.953. The second-order valence-electron chi connectivity index (χ2n) is 5.73. The molecule has 0 aliphatic heterocycles. The third-order valence-electron chi connectivity index (χ3n) is 3.85. The van der Waals surface area contributed by atoms with Gasteiger partial charge in [0.25, 0.3) is 5.91 Å². The molecule has 1 amide bonds. The summed E-state index contributed by atoms with van der Waals surface area (Å²) in [5, 5.41) is 20.8. The van der Waals surface area contributed by atoms with Gasteiger partial charge < -0.3 is 14.5 Å². The molecule has 0 radical (unpaired) electrons. The Kier molecular flexibility index (Phi) is 5.24. The van der Waals surface area contributed by atoms with Crippen LogP contribution in [-0.4, -0.2) is 23.1 Å². The summed E-state index contributed by atoms with van der Waals surface area (Å²) in [6, 6.07) is 13.7. The molecule has 0 spiro atoms. The molecule has 3 rings (SSSR count). The van der Waals surface area contributed by atoms with Gasteiger partial charge in [0.05, 0.1) is 11.6 Å². The van der Waals surface area contributed by atoms with Gasteiger partial charge in [-0.15, -0.1) is 0 Å². The predicted molar refractivity (Wildman–Crippen MR) is 97.6 cm³/mol. The van der Waals surface area contributed by atoms with Crippen molar-refractivity contribution in [2.75, 3.05) is 11.9 Å². The molecule has 0 aliphatic rings. The molecule has 1 aromatic carbocycles. The van der Waals surface area contributed by atoms with E-state index in [-0.39, 0.29) is 22.8 Å². The first-order chi connectivity index (χ1) is 13.5. The number of amides is 1. The maximum atomic E-state index is 12.4. The minimum absolute atomic E-state index is 0.0163. The zero-order valence-electron chi connectivity index (χ0n) is 14.8. The van der Waals surface area contributed by atoms with Gasteiger partial charge in [0.15, 0.2) is 6.61 Å². The molecular weight excluding hydrogens is 360 g/mol. The van der Waals surface area contributed by atoms with Gasteiger partial charge in [0.2, 0.25) is 5.88 Å². The number of carbonyl (C=O) groups is 2. The number of hydrogen-bond donors (Lipinski definition) is 1. The molecule has 2 heterocycles. The zero-order valence-corrected chi connectivity index (χ0v) is 14.8. The third kappa shape index (κ3) is 3.76. The van der Waals surface area contributed by atoms with E-state index < -0.39 is 18.5 Å². The molecule has 0 saturated carbocycles. The molecule has 8 nitrogen and oxygen atoms in total. The number of ether oxygens (including phenoxy) is 1. The normalized spacial score (nSPS) is 9.96. The van der Waals surface area contributed by atoms with E-state index in [0.29, 0.717) is 11.3 Å². The number of hydrogen-bond acceptors (Lipinski definition) is 6. The Morgan fingerprint density at radius 1 is 1.14 bits per heavy atom. The Labute approximate surface area is 160 Å². The minimum atomic E-state index is -0.828. The fourth-order valence-corrected chi connectivity index (χ4v) is 2.56. The molecule has 1 N–H and O–H groups in total. The number of anilines is 1. The average Bonchev–Trinajstić information content (AvgIpc) is 3.34. The van der Waals surface area contributed by atoms with E-state index in [1.54, 1.807) is 60.3 Å². The van der Waals surface area contributed by atoms with E-state index in [4.69, 9.17) is 14.4 Å². The number of aromatic nitrogens is 1. The lowest BCUT2D eigenvalue weighted by atomic mass is 10.1. The molecule has 0 aliphatic carbocycles. The average molecular weight is 374 g/mol. The van der Waals surface area contributed by atoms with Crippen LogP contribution in [0, 0.1) is 29.6 Å². The molecule has 0 unspecified atom stereocenters. The van der Waals surface area contributed by atoms with Crippen LogP contribution in [0.1, 0.15) is 27.2 Å². The van der Waals surface area contributed by atoms with E-state index >= 15 is 0 Å². The van der Waals surface area contributed by atoms with Crippen LogP contribution in [0.2, 0.25) is 0 Å². The third-order valence-corrected chi connectivity index (χ3v) is 3.85. The second kappa shape index (κ2) is 7.94. The van der Waals surface area contributed by atoms with Crippen LogP contribution in [0.15, 0.2) is 53.2 Å². The Hall–Kier alpha value is -4.30. The van der Waals surface area contributed by atoms with Gasteiger partial charge in [-0.3, -0.25) is 9.36 Å². The van der Waals surface area contributed by atoms with E-state index in [1.165, 1.54) is 0 Å². The van der Waals surface area contributed by atoms with Crippen LogP contribution >= 0.6 is 0 Å². The van der Waals surface area contributed by atoms with Crippen molar-refractivity contribution in [2.24, 2.45) is 0 Å². The minimum Gasteiger partial charge on any atom is -0.452 e. The summed E-state index contributed by atoms with van der Waals surface area (Å²) in [4.78, 5) is 24.4. The summed E-state index contributed by atoms with van der Waals surface area (Å²) >= 11 is 0. The molecule has 138 valence electrons. The van der Waals surface area contributed by atoms with Crippen molar-refractivity contribution in [3.05, 3.63) is 71.2 Å². The van der Waals surface area contributed by atoms with E-state index in [9.17, 15) is 14.9 Å². The number of benzene rings is 1. The number of nitrogens with one attached hydrogen (secondary N) is 1. The monoisotopic (exact) mass is 374 g/mol. The van der Waals surface area contributed by atoms with Crippen LogP contribution in [0.25, 0.3) is 5.88 Å². The Morgan fingerprint density at radius 3 is 2.43 bits per heavy atom. The molecule has 28 heavy (non-hydrogen) atoms. The van der Waals surface area contributed by atoms with Crippen LogP contribution < -0.4 is 5.32 Å². The lowest BCUT2D eigenvalue weighted by molar-refractivity contribution is -0.119. The van der Waals surface area contributed by atoms with Crippen molar-refractivity contribution < 1.29 is 18.7 Å². The van der Waals surface area contributed by atoms with Crippen molar-refractivity contribution >= 4 is 17.6 Å². The molecule has 0 atom stereocenters. The molecule has 0 fully saturated rings. The number of furan rings is 1. The first-order valence-electron chi connectivity index (χ1n) is 8.17. The highest BCUT2D eigenvalue weighted by Gasteiger charge is 2.26. The van der Waals surface area contributed by atoms with E-state index in [2.05, 4.69) is 5.32 Å². The number of aryl methyl sites for hydroxylation is 1. The van der Waals surface area contributed by atoms with Gasteiger partial charge in [0.1, 0.15) is 23.0 Å². The zero-order chi connectivity index (χ0) is 20.1. The number of esters is 1. The van der Waals surface area contributed by atoms with Gasteiger partial charge in [0, 0.05) is 18.1 Å². The first-order valence-corrected chi connectivity index (χ1v) is 8.17. The van der Waals surface area contributed by atoms with Gasteiger partial charge in [-0.05, 0) is 43.3 Å². The van der Waals surface area contributed by atoms with Crippen LogP contribution in [0.5, 0.6) is 0 Å². The highest BCUT2D eigenvalue weighted by Crippen LogP contribution is 2.26. The van der Waals surface area contributed by atoms with Gasteiger partial charge in [-0.1, -0.05) is 0 Å². The van der Waals surface area contributed by atoms with Crippen molar-refractivity contribution in [1.82, 2.24) is 4.57 Å². The molecule has 3 aromatic rings. The maximum absolute atomic E-state index is 12.4. The fourth-order valence-electron chi connectivity index (χ4n) is 2.56. The van der Waals surface area contributed by atoms with Crippen molar-refractivity contribution in [3.63, 3.8) is 0 Å². The van der Waals surface area contributed by atoms with Crippen LogP contribution in [-0.2, 0) is 9.53 Å². The van der Waals surface area contributed by atoms with E-state index in [1.807, 2.05) is 12.1 Å². The smallest absolute Gasteiger partial charge is 0.343 e. The van der Waals surface area contributed by atoms with Crippen molar-refractivity contribution in [2.45, 2.75) is 6.92 Å². The summed E-state index contributed by atoms with van der Waals surface area (Å²) in [5.41, 5.74) is 0.943. The summed E-state index contributed by atoms with van der Waals surface area (Å²) in [7, 11) is 0. The quantitative estimate of drug-likeness (QED) is 0.685. The van der Waals surface area contributed by atoms with Crippen molar-refractivity contribution in [1.29, 1.82) is 10.5 Å². The Morgan fingerprint density at radius 2 is 1.82 bits per heavy atom. The topological polar surface area (TPSA) is 121 Å². The number of carbonyl (C=O) groups excluding carboxylic acids is 2. The van der Waals surface area contributed by atoms with Crippen LogP contribution in [0.4, 0.5) is 5.69 Å². The molecule has 0 saturated heterocycles. The lowest BCUT2D eigenvalue weighted by Gasteiger charge is -2.06. The molecule has 2 aromatic heterocycles. The highest BCUT2D eigenvalue weighted by molar-refractivity contribution is 5.97. The fraction of sp³-hybridized carbons (Fsp3) is 0.100. The number of nitrogens with zero attached hydrogens (tertiary/aromatic N) is 3. The molecule has 8 heteroatoms. The first kappa shape index (κ1) is 18.5.